The van der Waals surface area contributed by atoms with Crippen LogP contribution in [0.2, 0.25) is 0 Å². The van der Waals surface area contributed by atoms with Gasteiger partial charge in [-0.15, -0.1) is 0 Å². The third-order valence-electron chi connectivity index (χ3n) is 5.66. The molecule has 0 amide bonds. The highest BCUT2D eigenvalue weighted by atomic mass is 16.5. The van der Waals surface area contributed by atoms with Crippen LogP contribution in [-0.4, -0.2) is 60.6 Å². The van der Waals surface area contributed by atoms with E-state index in [0.717, 1.165) is 48.0 Å². The minimum atomic E-state index is 0.562. The first-order chi connectivity index (χ1) is 14.9. The number of hydrogen-bond acceptors (Lipinski definition) is 7. The van der Waals surface area contributed by atoms with Crippen LogP contribution in [0.15, 0.2) is 43.0 Å². The monoisotopic (exact) mass is 402 g/mol. The van der Waals surface area contributed by atoms with Gasteiger partial charge >= 0.3 is 0 Å². The number of anilines is 1. The number of imidazole rings is 1. The fraction of sp³-hybridized carbons (Fsp3) is 0.381. The quantitative estimate of drug-likeness (QED) is 0.506. The van der Waals surface area contributed by atoms with E-state index in [2.05, 4.69) is 19.5 Å². The van der Waals surface area contributed by atoms with Gasteiger partial charge in [0.15, 0.2) is 17.0 Å². The lowest BCUT2D eigenvalue weighted by Crippen LogP contribution is -2.37. The molecule has 9 heteroatoms. The highest BCUT2D eigenvalue weighted by Crippen LogP contribution is 2.36. The number of hydrogen-bond donors (Lipinski definition) is 0. The van der Waals surface area contributed by atoms with Crippen LogP contribution in [0, 0.1) is 5.92 Å². The molecule has 1 saturated carbocycles. The molecule has 0 bridgehead atoms. The number of fused-ring (bicyclic) bond motifs is 1. The number of rotatable bonds is 5. The highest BCUT2D eigenvalue weighted by Gasteiger charge is 2.28. The average Bonchev–Trinajstić information content (AvgIpc) is 3.31. The maximum atomic E-state index is 5.56. The van der Waals surface area contributed by atoms with E-state index in [-0.39, 0.29) is 0 Å². The third-order valence-corrected chi connectivity index (χ3v) is 5.66. The summed E-state index contributed by atoms with van der Waals surface area (Å²) < 4.78 is 9.52. The average molecular weight is 402 g/mol. The van der Waals surface area contributed by atoms with Crippen molar-refractivity contribution in [3.63, 3.8) is 0 Å². The first kappa shape index (κ1) is 17.5. The molecule has 2 aliphatic rings. The summed E-state index contributed by atoms with van der Waals surface area (Å²) in [6, 6.07) is 5.88. The van der Waals surface area contributed by atoms with E-state index in [4.69, 9.17) is 19.7 Å². The molecule has 6 rings (SSSR count). The van der Waals surface area contributed by atoms with E-state index in [1.165, 1.54) is 12.8 Å². The second-order valence-corrected chi connectivity index (χ2v) is 7.79. The molecule has 1 aliphatic heterocycles. The summed E-state index contributed by atoms with van der Waals surface area (Å²) in [6.07, 6.45) is 9.73. The number of ether oxygens (including phenoxy) is 1. The Morgan fingerprint density at radius 1 is 1.00 bits per heavy atom. The number of pyridine rings is 1. The molecule has 4 aromatic heterocycles. The molecule has 0 atom stereocenters. The molecule has 9 nitrogen and oxygen atoms in total. The zero-order valence-corrected chi connectivity index (χ0v) is 16.6. The largest absolute Gasteiger partial charge is 0.378 e. The van der Waals surface area contributed by atoms with Gasteiger partial charge in [-0.05, 0) is 37.0 Å². The van der Waals surface area contributed by atoms with Gasteiger partial charge in [-0.25, -0.2) is 9.67 Å². The summed E-state index contributed by atoms with van der Waals surface area (Å²) in [6.45, 7) is 3.84. The van der Waals surface area contributed by atoms with Crippen LogP contribution in [0.3, 0.4) is 0 Å². The summed E-state index contributed by atoms with van der Waals surface area (Å²) in [5.41, 5.74) is 2.73. The maximum absolute atomic E-state index is 5.56. The van der Waals surface area contributed by atoms with Gasteiger partial charge in [0.1, 0.15) is 5.82 Å². The molecule has 30 heavy (non-hydrogen) atoms. The lowest BCUT2D eigenvalue weighted by atomic mass is 10.2. The Balaban J connectivity index is 1.60. The fourth-order valence-electron chi connectivity index (χ4n) is 3.91. The Bertz CT molecular complexity index is 1160. The van der Waals surface area contributed by atoms with Crippen molar-refractivity contribution in [3.8, 4) is 17.3 Å². The molecule has 2 fully saturated rings. The van der Waals surface area contributed by atoms with E-state index in [9.17, 15) is 0 Å². The van der Waals surface area contributed by atoms with Crippen LogP contribution in [0.4, 0.5) is 5.82 Å². The lowest BCUT2D eigenvalue weighted by Gasteiger charge is -2.28. The predicted molar refractivity (Wildman–Crippen MR) is 111 cm³/mol. The minimum Gasteiger partial charge on any atom is -0.378 e. The van der Waals surface area contributed by atoms with E-state index in [1.807, 2.05) is 24.4 Å². The molecular weight excluding hydrogens is 380 g/mol. The van der Waals surface area contributed by atoms with Gasteiger partial charge in [-0.1, -0.05) is 0 Å². The Morgan fingerprint density at radius 3 is 2.57 bits per heavy atom. The number of morpholine rings is 1. The van der Waals surface area contributed by atoms with Crippen LogP contribution in [-0.2, 0) is 11.3 Å². The van der Waals surface area contributed by atoms with Crippen LogP contribution < -0.4 is 4.90 Å². The Hall–Kier alpha value is -3.33. The van der Waals surface area contributed by atoms with Crippen LogP contribution in [0.1, 0.15) is 12.8 Å². The first-order valence-electron chi connectivity index (χ1n) is 10.4. The summed E-state index contributed by atoms with van der Waals surface area (Å²) >= 11 is 0. The van der Waals surface area contributed by atoms with Crippen molar-refractivity contribution >= 4 is 17.0 Å². The molecule has 0 spiro atoms. The van der Waals surface area contributed by atoms with Gasteiger partial charge < -0.3 is 14.2 Å². The van der Waals surface area contributed by atoms with Gasteiger partial charge in [-0.3, -0.25) is 4.98 Å². The normalized spacial score (nSPS) is 17.0. The Labute approximate surface area is 173 Å². The second-order valence-electron chi connectivity index (χ2n) is 7.79. The highest BCUT2D eigenvalue weighted by molar-refractivity contribution is 5.87. The second kappa shape index (κ2) is 7.17. The van der Waals surface area contributed by atoms with Crippen molar-refractivity contribution in [1.29, 1.82) is 0 Å². The molecule has 5 heterocycles. The minimum absolute atomic E-state index is 0.562. The molecule has 0 unspecified atom stereocenters. The van der Waals surface area contributed by atoms with Crippen molar-refractivity contribution in [1.82, 2.24) is 34.3 Å². The van der Waals surface area contributed by atoms with Crippen molar-refractivity contribution in [3.05, 3.63) is 43.0 Å². The summed E-state index contributed by atoms with van der Waals surface area (Å²) in [5, 5.41) is 4.36. The summed E-state index contributed by atoms with van der Waals surface area (Å²) in [5.74, 6) is 3.00. The zero-order chi connectivity index (χ0) is 19.9. The first-order valence-corrected chi connectivity index (χ1v) is 10.4. The molecule has 1 aliphatic carbocycles. The van der Waals surface area contributed by atoms with Crippen LogP contribution >= 0.6 is 0 Å². The summed E-state index contributed by atoms with van der Waals surface area (Å²) in [4.78, 5) is 21.3. The van der Waals surface area contributed by atoms with E-state index in [0.29, 0.717) is 25.1 Å². The SMILES string of the molecule is c1cnn(-c2nc(N3CCOCC3)c3nc(-c4ccncc4)n(CC4CC4)c3n2)c1. The van der Waals surface area contributed by atoms with Gasteiger partial charge in [0.2, 0.25) is 0 Å². The zero-order valence-electron chi connectivity index (χ0n) is 16.6. The molecule has 152 valence electrons. The molecule has 4 aromatic rings. The van der Waals surface area contributed by atoms with E-state index < -0.39 is 0 Å². The van der Waals surface area contributed by atoms with Gasteiger partial charge in [0.25, 0.3) is 5.95 Å². The molecular formula is C21H22N8O. The smallest absolute Gasteiger partial charge is 0.254 e. The standard InChI is InChI=1S/C21H22N8O/c1-6-23-29(9-1)21-25-19(27-10-12-30-13-11-27)17-20(26-21)28(14-15-2-3-15)18(24-17)16-4-7-22-8-5-16/h1,4-9,15H,2-3,10-14H2. The van der Waals surface area contributed by atoms with Crippen LogP contribution in [0.5, 0.6) is 0 Å². The van der Waals surface area contributed by atoms with Crippen molar-refractivity contribution in [2.45, 2.75) is 19.4 Å². The molecule has 0 N–H and O–H groups in total. The number of aromatic nitrogens is 7. The third kappa shape index (κ3) is 3.11. The lowest BCUT2D eigenvalue weighted by molar-refractivity contribution is 0.122. The topological polar surface area (TPSA) is 86.8 Å². The summed E-state index contributed by atoms with van der Waals surface area (Å²) in [7, 11) is 0. The van der Waals surface area contributed by atoms with Crippen molar-refractivity contribution < 1.29 is 4.74 Å². The maximum Gasteiger partial charge on any atom is 0.254 e. The van der Waals surface area contributed by atoms with E-state index >= 15 is 0 Å². The molecule has 1 saturated heterocycles. The van der Waals surface area contributed by atoms with Gasteiger partial charge in [0, 0.05) is 50.0 Å². The van der Waals surface area contributed by atoms with Gasteiger partial charge in [0.05, 0.1) is 13.2 Å². The van der Waals surface area contributed by atoms with E-state index in [1.54, 1.807) is 23.3 Å². The van der Waals surface area contributed by atoms with Crippen molar-refractivity contribution in [2.75, 3.05) is 31.2 Å². The predicted octanol–water partition coefficient (Wildman–Crippen LogP) is 2.32. The molecule has 0 radical (unpaired) electrons. The fourth-order valence-corrected chi connectivity index (χ4v) is 3.91. The number of nitrogens with zero attached hydrogens (tertiary/aromatic N) is 8. The van der Waals surface area contributed by atoms with Crippen LogP contribution in [0.25, 0.3) is 28.5 Å². The molecule has 0 aromatic carbocycles. The Morgan fingerprint density at radius 2 is 1.83 bits per heavy atom. The Kier molecular flexibility index (Phi) is 4.19. The van der Waals surface area contributed by atoms with Gasteiger partial charge in [-0.2, -0.15) is 15.1 Å². The van der Waals surface area contributed by atoms with Crippen molar-refractivity contribution in [2.24, 2.45) is 5.92 Å².